The van der Waals surface area contributed by atoms with E-state index in [-0.39, 0.29) is 24.2 Å². The molecule has 45 heavy (non-hydrogen) atoms. The van der Waals surface area contributed by atoms with Crippen molar-refractivity contribution in [1.82, 2.24) is 15.1 Å². The predicted molar refractivity (Wildman–Crippen MR) is 152 cm³/mol. The van der Waals surface area contributed by atoms with E-state index in [9.17, 15) is 35.9 Å². The van der Waals surface area contributed by atoms with Gasteiger partial charge < -0.3 is 15.2 Å². The summed E-state index contributed by atoms with van der Waals surface area (Å²) in [5.74, 6) is -6.31. The predicted octanol–water partition coefficient (Wildman–Crippen LogP) is 7.50. The highest BCUT2D eigenvalue weighted by molar-refractivity contribution is 5.96. The van der Waals surface area contributed by atoms with Gasteiger partial charge in [-0.05, 0) is 72.1 Å². The van der Waals surface area contributed by atoms with E-state index in [4.69, 9.17) is 5.11 Å². The highest BCUT2D eigenvalue weighted by Gasteiger charge is 2.31. The molecular weight excluding hydrogens is 604 g/mol. The van der Waals surface area contributed by atoms with Crippen molar-refractivity contribution in [2.75, 3.05) is 6.54 Å². The van der Waals surface area contributed by atoms with Gasteiger partial charge in [0.25, 0.3) is 5.91 Å². The summed E-state index contributed by atoms with van der Waals surface area (Å²) in [7, 11) is 0. The number of aromatic nitrogens is 2. The van der Waals surface area contributed by atoms with Gasteiger partial charge in [-0.2, -0.15) is 5.10 Å². The molecule has 1 heterocycles. The number of halogens is 6. The number of rotatable bonds is 9. The monoisotopic (exact) mass is 627 g/mol. The number of amides is 1. The lowest BCUT2D eigenvalue weighted by Gasteiger charge is -2.15. The smallest absolute Gasteiger partial charge is 0.481 e. The summed E-state index contributed by atoms with van der Waals surface area (Å²) >= 11 is 0. The minimum Gasteiger partial charge on any atom is -0.481 e. The maximum Gasteiger partial charge on any atom is 0.573 e. The maximum absolute atomic E-state index is 14.2. The molecule has 1 amide bonds. The fourth-order valence-corrected chi connectivity index (χ4v) is 4.81. The number of hydrogen-bond donors (Lipinski definition) is 2. The number of nitrogens with one attached hydrogen (secondary N) is 1. The summed E-state index contributed by atoms with van der Waals surface area (Å²) in [4.78, 5) is 23.1. The van der Waals surface area contributed by atoms with E-state index in [1.165, 1.54) is 24.3 Å². The van der Waals surface area contributed by atoms with Crippen molar-refractivity contribution in [2.45, 2.75) is 25.7 Å². The molecule has 13 heteroatoms. The van der Waals surface area contributed by atoms with Gasteiger partial charge in [-0.3, -0.25) is 14.3 Å². The minimum atomic E-state index is -4.85. The number of hydrogen-bond acceptors (Lipinski definition) is 4. The molecule has 232 valence electrons. The summed E-state index contributed by atoms with van der Waals surface area (Å²) < 4.78 is 85.5. The van der Waals surface area contributed by atoms with E-state index in [1.54, 1.807) is 54.1 Å². The quantitative estimate of drug-likeness (QED) is 0.130. The van der Waals surface area contributed by atoms with Crippen LogP contribution >= 0.6 is 0 Å². The fraction of sp³-hybridized carbons (Fsp3) is 0.156. The molecule has 0 saturated carbocycles. The third-order valence-corrected chi connectivity index (χ3v) is 7.03. The number of ether oxygens (including phenoxy) is 1. The van der Waals surface area contributed by atoms with E-state index in [0.717, 1.165) is 12.1 Å². The number of carbonyl (C=O) groups is 2. The molecule has 1 unspecified atom stereocenters. The van der Waals surface area contributed by atoms with E-state index < -0.39 is 47.5 Å². The second kappa shape index (κ2) is 12.3. The molecule has 4 aromatic carbocycles. The van der Waals surface area contributed by atoms with E-state index in [0.29, 0.717) is 33.2 Å². The van der Waals surface area contributed by atoms with Crippen molar-refractivity contribution in [3.8, 4) is 28.1 Å². The van der Waals surface area contributed by atoms with Gasteiger partial charge in [0.15, 0.2) is 17.5 Å². The van der Waals surface area contributed by atoms with Gasteiger partial charge in [0.2, 0.25) is 0 Å². The molecule has 7 nitrogen and oxygen atoms in total. The van der Waals surface area contributed by atoms with Crippen molar-refractivity contribution in [3.63, 3.8) is 0 Å². The molecule has 1 aromatic heterocycles. The number of aliphatic carboxylic acids is 1. The average Bonchev–Trinajstić information content (AvgIpc) is 3.37. The zero-order valence-corrected chi connectivity index (χ0v) is 23.3. The average molecular weight is 628 g/mol. The van der Waals surface area contributed by atoms with Crippen LogP contribution in [0.1, 0.15) is 35.3 Å². The number of carbonyl (C=O) groups excluding carboxylic acids is 1. The standard InChI is InChI=1S/C32H23F6N3O4/c1-17(18-2-4-20(5-3-18)31(44)39-13-12-28(42)43)41-27-16-21(19-6-9-23(10-7-19)45-32(36,37)38)8-11-24(27)30(40-41)22-14-25(33)29(35)26(34)15-22/h2-11,14-17H,12-13H2,1H3,(H,39,44)(H,42,43). The lowest BCUT2D eigenvalue weighted by atomic mass is 10.0. The van der Waals surface area contributed by atoms with Gasteiger partial charge in [-0.25, -0.2) is 13.2 Å². The molecule has 0 aliphatic carbocycles. The highest BCUT2D eigenvalue weighted by atomic mass is 19.4. The first-order valence-electron chi connectivity index (χ1n) is 13.4. The van der Waals surface area contributed by atoms with Crippen LogP contribution in [0.5, 0.6) is 5.75 Å². The van der Waals surface area contributed by atoms with E-state index in [2.05, 4.69) is 15.2 Å². The van der Waals surface area contributed by atoms with Gasteiger partial charge in [-0.1, -0.05) is 30.3 Å². The molecule has 5 aromatic rings. The van der Waals surface area contributed by atoms with Crippen LogP contribution < -0.4 is 10.1 Å². The normalized spacial score (nSPS) is 12.2. The van der Waals surface area contributed by atoms with Gasteiger partial charge in [0.05, 0.1) is 18.0 Å². The zero-order chi connectivity index (χ0) is 32.5. The minimum absolute atomic E-state index is 0.0165. The van der Waals surface area contributed by atoms with Crippen LogP contribution in [0.3, 0.4) is 0 Å². The van der Waals surface area contributed by atoms with Crippen LogP contribution in [0.4, 0.5) is 26.3 Å². The van der Waals surface area contributed by atoms with Crippen molar-refractivity contribution >= 4 is 22.8 Å². The molecule has 0 saturated heterocycles. The van der Waals surface area contributed by atoms with Crippen LogP contribution in [0.2, 0.25) is 0 Å². The Morgan fingerprint density at radius 1 is 0.889 bits per heavy atom. The Morgan fingerprint density at radius 3 is 2.11 bits per heavy atom. The third kappa shape index (κ3) is 6.92. The summed E-state index contributed by atoms with van der Waals surface area (Å²) in [6.45, 7) is 1.75. The molecule has 0 spiro atoms. The molecule has 0 bridgehead atoms. The number of alkyl halides is 3. The SMILES string of the molecule is CC(c1ccc(C(=O)NCCC(=O)O)cc1)n1nc(-c2cc(F)c(F)c(F)c2)c2ccc(-c3ccc(OC(F)(F)F)cc3)cc21. The molecule has 0 fully saturated rings. The first-order valence-corrected chi connectivity index (χ1v) is 13.4. The molecule has 5 rings (SSSR count). The number of carboxylic acid groups (broad SMARTS) is 1. The topological polar surface area (TPSA) is 93.5 Å². The molecule has 2 N–H and O–H groups in total. The molecule has 1 atom stereocenters. The van der Waals surface area contributed by atoms with Crippen molar-refractivity contribution in [1.29, 1.82) is 0 Å². The Kier molecular flexibility index (Phi) is 8.53. The lowest BCUT2D eigenvalue weighted by Crippen LogP contribution is -2.26. The number of nitrogens with zero attached hydrogens (tertiary/aromatic N) is 2. The summed E-state index contributed by atoms with van der Waals surface area (Å²) in [5.41, 5.74) is 2.74. The van der Waals surface area contributed by atoms with Gasteiger partial charge in [-0.15, -0.1) is 13.2 Å². The maximum atomic E-state index is 14.2. The summed E-state index contributed by atoms with van der Waals surface area (Å²) in [6.07, 6.45) is -5.08. The van der Waals surface area contributed by atoms with Gasteiger partial charge >= 0.3 is 12.3 Å². The molecular formula is C32H23F6N3O4. The second-order valence-corrected chi connectivity index (χ2v) is 10.0. The van der Waals surface area contributed by atoms with Crippen molar-refractivity contribution < 1.29 is 45.8 Å². The highest BCUT2D eigenvalue weighted by Crippen LogP contribution is 2.36. The van der Waals surface area contributed by atoms with Crippen LogP contribution in [-0.2, 0) is 4.79 Å². The van der Waals surface area contributed by atoms with Crippen molar-refractivity contribution in [2.24, 2.45) is 0 Å². The van der Waals surface area contributed by atoms with Gasteiger partial charge in [0, 0.05) is 23.1 Å². The Morgan fingerprint density at radius 2 is 1.51 bits per heavy atom. The summed E-state index contributed by atoms with van der Waals surface area (Å²) in [6, 6.07) is 17.8. The zero-order valence-electron chi connectivity index (χ0n) is 23.3. The number of benzene rings is 4. The van der Waals surface area contributed by atoms with E-state index in [1.807, 2.05) is 0 Å². The van der Waals surface area contributed by atoms with Crippen LogP contribution in [0, 0.1) is 17.5 Å². The molecule has 0 aliphatic heterocycles. The Balaban J connectivity index is 1.55. The third-order valence-electron chi connectivity index (χ3n) is 7.03. The Bertz CT molecular complexity index is 1860. The van der Waals surface area contributed by atoms with Gasteiger partial charge in [0.1, 0.15) is 11.4 Å². The largest absolute Gasteiger partial charge is 0.573 e. The Labute approximate surface area is 251 Å². The molecule has 0 radical (unpaired) electrons. The van der Waals surface area contributed by atoms with Crippen molar-refractivity contribution in [3.05, 3.63) is 107 Å². The van der Waals surface area contributed by atoms with E-state index >= 15 is 0 Å². The van der Waals surface area contributed by atoms with Crippen LogP contribution in [-0.4, -0.2) is 39.7 Å². The van der Waals surface area contributed by atoms with Crippen LogP contribution in [0.25, 0.3) is 33.3 Å². The lowest BCUT2D eigenvalue weighted by molar-refractivity contribution is -0.274. The molecule has 0 aliphatic rings. The first-order chi connectivity index (χ1) is 21.3. The second-order valence-electron chi connectivity index (χ2n) is 10.0. The summed E-state index contributed by atoms with van der Waals surface area (Å²) in [5, 5.41) is 16.4. The number of carboxylic acids is 1. The fourth-order valence-electron chi connectivity index (χ4n) is 4.81. The number of fused-ring (bicyclic) bond motifs is 1. The van der Waals surface area contributed by atoms with Crippen LogP contribution in [0.15, 0.2) is 78.9 Å². The Hall–Kier alpha value is -5.33. The first kappa shape index (κ1) is 31.1.